The van der Waals surface area contributed by atoms with Gasteiger partial charge in [-0.25, -0.2) is 14.8 Å². The summed E-state index contributed by atoms with van der Waals surface area (Å²) < 4.78 is 0. The van der Waals surface area contributed by atoms with Gasteiger partial charge in [0.15, 0.2) is 11.4 Å². The number of nitrogens with one attached hydrogen (secondary N) is 2. The van der Waals surface area contributed by atoms with Crippen molar-refractivity contribution in [3.05, 3.63) is 36.0 Å². The lowest BCUT2D eigenvalue weighted by atomic mass is 10.3. The highest BCUT2D eigenvalue weighted by molar-refractivity contribution is 6.08. The molecule has 0 spiro atoms. The van der Waals surface area contributed by atoms with Crippen molar-refractivity contribution in [2.45, 2.75) is 0 Å². The van der Waals surface area contributed by atoms with Gasteiger partial charge in [-0.3, -0.25) is 4.79 Å². The number of rotatable bonds is 4. The number of amides is 1. The molecule has 0 aliphatic carbocycles. The van der Waals surface area contributed by atoms with Crippen molar-refractivity contribution in [3.8, 4) is 0 Å². The molecule has 0 fully saturated rings. The molecule has 0 atom stereocenters. The van der Waals surface area contributed by atoms with Crippen molar-refractivity contribution in [2.75, 3.05) is 24.3 Å². The van der Waals surface area contributed by atoms with E-state index >= 15 is 0 Å². The van der Waals surface area contributed by atoms with Gasteiger partial charge in [0.05, 0.1) is 18.2 Å². The molecule has 0 aromatic carbocycles. The highest BCUT2D eigenvalue weighted by Crippen LogP contribution is 2.13. The van der Waals surface area contributed by atoms with E-state index in [1.165, 1.54) is 6.20 Å². The zero-order valence-electron chi connectivity index (χ0n) is 10.9. The molecule has 8 heteroatoms. The minimum absolute atomic E-state index is 0.172. The minimum Gasteiger partial charge on any atom is -0.477 e. The maximum atomic E-state index is 11.9. The standard InChI is InChI=1S/C12H13N5O3/c1-17(2)8-4-3-7(5-13-8)16-11(18)9-10(12(19)20)15-6-14-9/h3-6H,1-2H3,(H,14,15)(H,16,18)(H,19,20). The molecule has 1 amide bonds. The fraction of sp³-hybridized carbons (Fsp3) is 0.167. The minimum atomic E-state index is -1.24. The number of pyridine rings is 1. The van der Waals surface area contributed by atoms with Crippen LogP contribution in [0, 0.1) is 0 Å². The van der Waals surface area contributed by atoms with Crippen molar-refractivity contribution in [3.63, 3.8) is 0 Å². The number of anilines is 2. The highest BCUT2D eigenvalue weighted by Gasteiger charge is 2.19. The Hall–Kier alpha value is -2.90. The van der Waals surface area contributed by atoms with Gasteiger partial charge < -0.3 is 20.3 Å². The van der Waals surface area contributed by atoms with Gasteiger partial charge in [0.1, 0.15) is 5.82 Å². The highest BCUT2D eigenvalue weighted by atomic mass is 16.4. The zero-order valence-corrected chi connectivity index (χ0v) is 10.9. The van der Waals surface area contributed by atoms with Crippen LogP contribution in [0.5, 0.6) is 0 Å². The normalized spacial score (nSPS) is 10.1. The third kappa shape index (κ3) is 2.74. The lowest BCUT2D eigenvalue weighted by Crippen LogP contribution is -2.17. The monoisotopic (exact) mass is 275 g/mol. The molecule has 0 unspecified atom stereocenters. The SMILES string of the molecule is CN(C)c1ccc(NC(=O)c2nc[nH]c2C(=O)O)cn1. The van der Waals surface area contributed by atoms with E-state index < -0.39 is 11.9 Å². The predicted molar refractivity (Wildman–Crippen MR) is 72.1 cm³/mol. The molecule has 0 radical (unpaired) electrons. The fourth-order valence-electron chi connectivity index (χ4n) is 1.54. The summed E-state index contributed by atoms with van der Waals surface area (Å²) in [5, 5.41) is 11.4. The molecule has 0 aliphatic heterocycles. The smallest absolute Gasteiger partial charge is 0.354 e. The Morgan fingerprint density at radius 2 is 2.05 bits per heavy atom. The molecule has 0 saturated heterocycles. The lowest BCUT2D eigenvalue weighted by Gasteiger charge is -2.11. The molecule has 0 aliphatic rings. The molecule has 2 aromatic rings. The first-order valence-corrected chi connectivity index (χ1v) is 5.70. The number of carbonyl (C=O) groups excluding carboxylic acids is 1. The van der Waals surface area contributed by atoms with Crippen LogP contribution in [0.3, 0.4) is 0 Å². The first kappa shape index (κ1) is 13.5. The van der Waals surface area contributed by atoms with Gasteiger partial charge in [-0.2, -0.15) is 0 Å². The van der Waals surface area contributed by atoms with Crippen LogP contribution in [0.2, 0.25) is 0 Å². The summed E-state index contributed by atoms with van der Waals surface area (Å²) in [7, 11) is 3.70. The number of imidazole rings is 1. The summed E-state index contributed by atoms with van der Waals surface area (Å²) in [5.41, 5.74) is 0.0366. The van der Waals surface area contributed by atoms with Crippen molar-refractivity contribution in [1.82, 2.24) is 15.0 Å². The van der Waals surface area contributed by atoms with Crippen molar-refractivity contribution < 1.29 is 14.7 Å². The Kier molecular flexibility index (Phi) is 3.65. The molecule has 8 nitrogen and oxygen atoms in total. The first-order chi connectivity index (χ1) is 9.49. The van der Waals surface area contributed by atoms with Gasteiger partial charge in [-0.1, -0.05) is 0 Å². The molecular formula is C12H13N5O3. The average molecular weight is 275 g/mol. The van der Waals surface area contributed by atoms with Crippen molar-refractivity contribution >= 4 is 23.4 Å². The molecule has 3 N–H and O–H groups in total. The second kappa shape index (κ2) is 5.39. The van der Waals surface area contributed by atoms with E-state index in [1.54, 1.807) is 12.1 Å². The Bertz CT molecular complexity index is 633. The van der Waals surface area contributed by atoms with E-state index in [1.807, 2.05) is 19.0 Å². The number of carbonyl (C=O) groups is 2. The van der Waals surface area contributed by atoms with Crippen LogP contribution in [-0.4, -0.2) is 46.0 Å². The lowest BCUT2D eigenvalue weighted by molar-refractivity contribution is 0.0686. The molecule has 2 rings (SSSR count). The zero-order chi connectivity index (χ0) is 14.7. The summed E-state index contributed by atoms with van der Waals surface area (Å²) in [6, 6.07) is 3.41. The molecular weight excluding hydrogens is 262 g/mol. The van der Waals surface area contributed by atoms with Gasteiger partial charge in [0.25, 0.3) is 5.91 Å². The number of hydrogen-bond donors (Lipinski definition) is 3. The van der Waals surface area contributed by atoms with E-state index in [2.05, 4.69) is 20.3 Å². The molecule has 0 saturated carbocycles. The maximum absolute atomic E-state index is 11.9. The molecule has 2 heterocycles. The first-order valence-electron chi connectivity index (χ1n) is 5.70. The third-order valence-electron chi connectivity index (χ3n) is 2.53. The second-order valence-corrected chi connectivity index (χ2v) is 4.18. The maximum Gasteiger partial charge on any atom is 0.354 e. The van der Waals surface area contributed by atoms with Crippen LogP contribution in [0.25, 0.3) is 0 Å². The van der Waals surface area contributed by atoms with Crippen LogP contribution in [0.15, 0.2) is 24.7 Å². The Balaban J connectivity index is 2.15. The fourth-order valence-corrected chi connectivity index (χ4v) is 1.54. The Morgan fingerprint density at radius 1 is 1.30 bits per heavy atom. The number of aromatic amines is 1. The molecule has 0 bridgehead atoms. The Morgan fingerprint density at radius 3 is 2.60 bits per heavy atom. The van der Waals surface area contributed by atoms with E-state index in [4.69, 9.17) is 5.11 Å². The van der Waals surface area contributed by atoms with Crippen LogP contribution < -0.4 is 10.2 Å². The van der Waals surface area contributed by atoms with Gasteiger partial charge >= 0.3 is 5.97 Å². The number of H-pyrrole nitrogens is 1. The van der Waals surface area contributed by atoms with Gasteiger partial charge in [0.2, 0.25) is 0 Å². The summed E-state index contributed by atoms with van der Waals surface area (Å²) in [6.07, 6.45) is 2.64. The number of aromatic nitrogens is 3. The summed E-state index contributed by atoms with van der Waals surface area (Å²) in [6.45, 7) is 0. The quantitative estimate of drug-likeness (QED) is 0.761. The Labute approximate surface area is 114 Å². The summed E-state index contributed by atoms with van der Waals surface area (Å²) >= 11 is 0. The van der Waals surface area contributed by atoms with Crippen LogP contribution >= 0.6 is 0 Å². The van der Waals surface area contributed by atoms with E-state index in [-0.39, 0.29) is 11.4 Å². The van der Waals surface area contributed by atoms with E-state index in [9.17, 15) is 9.59 Å². The van der Waals surface area contributed by atoms with Crippen molar-refractivity contribution in [2.24, 2.45) is 0 Å². The van der Waals surface area contributed by atoms with Gasteiger partial charge in [-0.15, -0.1) is 0 Å². The van der Waals surface area contributed by atoms with Crippen LogP contribution in [0.4, 0.5) is 11.5 Å². The van der Waals surface area contributed by atoms with Crippen molar-refractivity contribution in [1.29, 1.82) is 0 Å². The second-order valence-electron chi connectivity index (χ2n) is 4.18. The molecule has 2 aromatic heterocycles. The number of aromatic carboxylic acids is 1. The molecule has 104 valence electrons. The largest absolute Gasteiger partial charge is 0.477 e. The molecule has 20 heavy (non-hydrogen) atoms. The van der Waals surface area contributed by atoms with Crippen LogP contribution in [-0.2, 0) is 0 Å². The van der Waals surface area contributed by atoms with Gasteiger partial charge in [0, 0.05) is 14.1 Å². The summed E-state index contributed by atoms with van der Waals surface area (Å²) in [5.74, 6) is -1.11. The summed E-state index contributed by atoms with van der Waals surface area (Å²) in [4.78, 5) is 34.9. The number of carboxylic acids is 1. The topological polar surface area (TPSA) is 111 Å². The van der Waals surface area contributed by atoms with Crippen LogP contribution in [0.1, 0.15) is 21.0 Å². The van der Waals surface area contributed by atoms with Gasteiger partial charge in [-0.05, 0) is 12.1 Å². The average Bonchev–Trinajstić information content (AvgIpc) is 2.88. The number of nitrogens with zero attached hydrogens (tertiary/aromatic N) is 3. The number of carboxylic acid groups (broad SMARTS) is 1. The number of hydrogen-bond acceptors (Lipinski definition) is 5. The predicted octanol–water partition coefficient (Wildman–Crippen LogP) is 0.821. The third-order valence-corrected chi connectivity index (χ3v) is 2.53. The van der Waals surface area contributed by atoms with E-state index in [0.717, 1.165) is 12.1 Å². The van der Waals surface area contributed by atoms with E-state index in [0.29, 0.717) is 5.69 Å².